The van der Waals surface area contributed by atoms with Crippen molar-refractivity contribution in [3.63, 3.8) is 0 Å². The number of rotatable bonds is 1. The van der Waals surface area contributed by atoms with Crippen LogP contribution < -0.4 is 10.1 Å². The first-order chi connectivity index (χ1) is 7.18. The summed E-state index contributed by atoms with van der Waals surface area (Å²) >= 11 is 3.25. The quantitative estimate of drug-likeness (QED) is 0.626. The number of nitro groups is 1. The van der Waals surface area contributed by atoms with Gasteiger partial charge in [0.25, 0.3) is 0 Å². The highest BCUT2D eigenvalue weighted by atomic mass is 79.9. The van der Waals surface area contributed by atoms with Crippen LogP contribution in [0.5, 0.6) is 5.75 Å². The molecule has 80 valence electrons. The van der Waals surface area contributed by atoms with Crippen LogP contribution in [0.4, 0.5) is 5.69 Å². The molecule has 1 aromatic carbocycles. The van der Waals surface area contributed by atoms with Gasteiger partial charge in [0.2, 0.25) is 5.75 Å². The molecule has 1 aliphatic heterocycles. The van der Waals surface area contributed by atoms with Gasteiger partial charge in [-0.15, -0.1) is 0 Å². The molecule has 2 rings (SSSR count). The van der Waals surface area contributed by atoms with E-state index in [2.05, 4.69) is 21.2 Å². The number of fused-ring (bicyclic) bond motifs is 1. The summed E-state index contributed by atoms with van der Waals surface area (Å²) < 4.78 is 6.07. The van der Waals surface area contributed by atoms with Crippen LogP contribution in [0.15, 0.2) is 16.6 Å². The highest BCUT2D eigenvalue weighted by Gasteiger charge is 2.22. The van der Waals surface area contributed by atoms with E-state index in [4.69, 9.17) is 4.74 Å². The van der Waals surface area contributed by atoms with E-state index < -0.39 is 4.92 Å². The standard InChI is InChI=1S/C9H9BrN2O3/c10-7-3-6-5-11-1-2-15-9(6)8(4-7)12(13)14/h3-4,11H,1-2,5H2. The van der Waals surface area contributed by atoms with Gasteiger partial charge in [0.1, 0.15) is 6.61 Å². The molecule has 5 nitrogen and oxygen atoms in total. The van der Waals surface area contributed by atoms with Crippen LogP contribution in [0.1, 0.15) is 5.56 Å². The molecular weight excluding hydrogens is 264 g/mol. The van der Waals surface area contributed by atoms with Crippen molar-refractivity contribution < 1.29 is 9.66 Å². The number of ether oxygens (including phenoxy) is 1. The van der Waals surface area contributed by atoms with Crippen LogP contribution >= 0.6 is 15.9 Å². The molecule has 1 aromatic rings. The van der Waals surface area contributed by atoms with Gasteiger partial charge in [-0.25, -0.2) is 0 Å². The minimum Gasteiger partial charge on any atom is -0.485 e. The third-order valence-corrected chi connectivity index (χ3v) is 2.61. The van der Waals surface area contributed by atoms with Crippen LogP contribution in [-0.4, -0.2) is 18.1 Å². The van der Waals surface area contributed by atoms with Gasteiger partial charge in [-0.3, -0.25) is 10.1 Å². The molecule has 6 heteroatoms. The van der Waals surface area contributed by atoms with Gasteiger partial charge in [0.15, 0.2) is 0 Å². The first-order valence-corrected chi connectivity index (χ1v) is 5.28. The van der Waals surface area contributed by atoms with E-state index in [1.807, 2.05) is 6.07 Å². The third-order valence-electron chi connectivity index (χ3n) is 2.15. The lowest BCUT2D eigenvalue weighted by atomic mass is 10.1. The largest absolute Gasteiger partial charge is 0.485 e. The highest BCUT2D eigenvalue weighted by molar-refractivity contribution is 9.10. The maximum absolute atomic E-state index is 10.8. The van der Waals surface area contributed by atoms with Gasteiger partial charge < -0.3 is 10.1 Å². The first-order valence-electron chi connectivity index (χ1n) is 4.49. The molecule has 0 amide bonds. The van der Waals surface area contributed by atoms with Gasteiger partial charge in [-0.05, 0) is 6.07 Å². The van der Waals surface area contributed by atoms with Crippen LogP contribution in [0, 0.1) is 10.1 Å². The molecule has 1 aliphatic rings. The monoisotopic (exact) mass is 272 g/mol. The zero-order valence-corrected chi connectivity index (χ0v) is 9.41. The molecule has 0 unspecified atom stereocenters. The van der Waals surface area contributed by atoms with Crippen molar-refractivity contribution in [2.24, 2.45) is 0 Å². The van der Waals surface area contributed by atoms with Crippen molar-refractivity contribution in [1.82, 2.24) is 5.32 Å². The molecule has 0 spiro atoms. The van der Waals surface area contributed by atoms with E-state index in [0.29, 0.717) is 29.9 Å². The van der Waals surface area contributed by atoms with Gasteiger partial charge in [-0.1, -0.05) is 15.9 Å². The van der Waals surface area contributed by atoms with Crippen molar-refractivity contribution in [2.75, 3.05) is 13.2 Å². The second-order valence-corrected chi connectivity index (χ2v) is 4.11. The number of benzene rings is 1. The summed E-state index contributed by atoms with van der Waals surface area (Å²) in [6.07, 6.45) is 0. The van der Waals surface area contributed by atoms with Crippen molar-refractivity contribution in [3.05, 3.63) is 32.3 Å². The molecule has 0 saturated heterocycles. The SMILES string of the molecule is O=[N+]([O-])c1cc(Br)cc2c1OCCNC2. The van der Waals surface area contributed by atoms with Gasteiger partial charge in [0, 0.05) is 29.2 Å². The zero-order valence-electron chi connectivity index (χ0n) is 7.83. The molecule has 0 saturated carbocycles. The Morgan fingerprint density at radius 1 is 1.53 bits per heavy atom. The topological polar surface area (TPSA) is 64.4 Å². The average molecular weight is 273 g/mol. The van der Waals surface area contributed by atoms with E-state index in [-0.39, 0.29) is 5.69 Å². The van der Waals surface area contributed by atoms with Gasteiger partial charge in [0.05, 0.1) is 4.92 Å². The Labute approximate surface area is 94.7 Å². The molecule has 15 heavy (non-hydrogen) atoms. The molecule has 0 radical (unpaired) electrons. The Morgan fingerprint density at radius 2 is 2.33 bits per heavy atom. The fourth-order valence-corrected chi connectivity index (χ4v) is 2.01. The number of nitrogens with one attached hydrogen (secondary N) is 1. The zero-order chi connectivity index (χ0) is 10.8. The second kappa shape index (κ2) is 4.16. The lowest BCUT2D eigenvalue weighted by Gasteiger charge is -2.07. The molecule has 1 heterocycles. The summed E-state index contributed by atoms with van der Waals surface area (Å²) in [5.41, 5.74) is 0.830. The lowest BCUT2D eigenvalue weighted by Crippen LogP contribution is -2.16. The molecule has 1 N–H and O–H groups in total. The maximum Gasteiger partial charge on any atom is 0.312 e. The molecule has 0 fully saturated rings. The van der Waals surface area contributed by atoms with Gasteiger partial charge >= 0.3 is 5.69 Å². The number of halogens is 1. The molecule has 0 atom stereocenters. The number of hydrogen-bond donors (Lipinski definition) is 1. The van der Waals surface area contributed by atoms with Crippen LogP contribution in [0.2, 0.25) is 0 Å². The van der Waals surface area contributed by atoms with Crippen LogP contribution in [-0.2, 0) is 6.54 Å². The Bertz CT molecular complexity index is 409. The Kier molecular flexibility index (Phi) is 2.88. The van der Waals surface area contributed by atoms with Crippen molar-refractivity contribution in [3.8, 4) is 5.75 Å². The third kappa shape index (κ3) is 2.10. The second-order valence-electron chi connectivity index (χ2n) is 3.20. The van der Waals surface area contributed by atoms with E-state index in [1.165, 1.54) is 6.07 Å². The van der Waals surface area contributed by atoms with E-state index in [1.54, 1.807) is 0 Å². The number of nitrogens with zero attached hydrogens (tertiary/aromatic N) is 1. The number of nitro benzene ring substituents is 1. The maximum atomic E-state index is 10.8. The summed E-state index contributed by atoms with van der Waals surface area (Å²) in [6.45, 7) is 1.74. The molecular formula is C9H9BrN2O3. The predicted octanol–water partition coefficient (Wildman–Crippen LogP) is 1.84. The predicted molar refractivity (Wildman–Crippen MR) is 58.0 cm³/mol. The Hall–Kier alpha value is -1.14. The van der Waals surface area contributed by atoms with Crippen LogP contribution in [0.25, 0.3) is 0 Å². The summed E-state index contributed by atoms with van der Waals surface area (Å²) in [5.74, 6) is 0.383. The smallest absolute Gasteiger partial charge is 0.312 e. The Balaban J connectivity index is 2.54. The normalized spacial score (nSPS) is 15.0. The van der Waals surface area contributed by atoms with Gasteiger partial charge in [-0.2, -0.15) is 0 Å². The Morgan fingerprint density at radius 3 is 3.07 bits per heavy atom. The highest BCUT2D eigenvalue weighted by Crippen LogP contribution is 2.35. The fourth-order valence-electron chi connectivity index (χ4n) is 1.52. The molecule has 0 aliphatic carbocycles. The van der Waals surface area contributed by atoms with Crippen molar-refractivity contribution in [1.29, 1.82) is 0 Å². The van der Waals surface area contributed by atoms with Crippen LogP contribution in [0.3, 0.4) is 0 Å². The fraction of sp³-hybridized carbons (Fsp3) is 0.333. The van der Waals surface area contributed by atoms with Crippen molar-refractivity contribution in [2.45, 2.75) is 6.54 Å². The van der Waals surface area contributed by atoms with Crippen molar-refractivity contribution >= 4 is 21.6 Å². The molecule has 0 aromatic heterocycles. The average Bonchev–Trinajstić information content (AvgIpc) is 2.41. The number of hydrogen-bond acceptors (Lipinski definition) is 4. The van der Waals surface area contributed by atoms with E-state index >= 15 is 0 Å². The minimum atomic E-state index is -0.422. The van der Waals surface area contributed by atoms with E-state index in [9.17, 15) is 10.1 Å². The summed E-state index contributed by atoms with van der Waals surface area (Å²) in [6, 6.07) is 3.30. The molecule has 0 bridgehead atoms. The summed E-state index contributed by atoms with van der Waals surface area (Å²) in [5, 5.41) is 14.0. The minimum absolute atomic E-state index is 0.0167. The summed E-state index contributed by atoms with van der Waals surface area (Å²) in [4.78, 5) is 10.4. The summed E-state index contributed by atoms with van der Waals surface area (Å²) in [7, 11) is 0. The van der Waals surface area contributed by atoms with E-state index in [0.717, 1.165) is 5.56 Å². The lowest BCUT2D eigenvalue weighted by molar-refractivity contribution is -0.386. The first kappa shape index (κ1) is 10.4.